The second kappa shape index (κ2) is 6.03. The maximum atomic E-state index is 13.3. The van der Waals surface area contributed by atoms with Crippen molar-refractivity contribution < 1.29 is 14.3 Å². The van der Waals surface area contributed by atoms with Gasteiger partial charge in [-0.2, -0.15) is 0 Å². The zero-order valence-corrected chi connectivity index (χ0v) is 13.4. The van der Waals surface area contributed by atoms with Gasteiger partial charge < -0.3 is 10.4 Å². The topological polar surface area (TPSA) is 49.3 Å². The summed E-state index contributed by atoms with van der Waals surface area (Å²) >= 11 is 9.06. The number of benzene rings is 2. The smallest absolute Gasteiger partial charge is 0.333 e. The number of carbonyl (C=O) groups is 1. The number of carboxylic acids is 1. The minimum atomic E-state index is -1.43. The third kappa shape index (κ3) is 3.36. The van der Waals surface area contributed by atoms with Crippen molar-refractivity contribution >= 4 is 39.2 Å². The number of hydrogen-bond acceptors (Lipinski definition) is 2. The Kier molecular flexibility index (Phi) is 4.54. The van der Waals surface area contributed by atoms with Crippen LogP contribution in [0.2, 0.25) is 5.02 Å². The molecular formula is C15H12BrClFNO2. The highest BCUT2D eigenvalue weighted by Crippen LogP contribution is 2.30. The molecule has 0 aromatic heterocycles. The van der Waals surface area contributed by atoms with Crippen molar-refractivity contribution in [1.82, 2.24) is 0 Å². The fraction of sp³-hybridized carbons (Fsp3) is 0.133. The summed E-state index contributed by atoms with van der Waals surface area (Å²) in [5.41, 5.74) is -0.432. The monoisotopic (exact) mass is 371 g/mol. The van der Waals surface area contributed by atoms with E-state index in [0.29, 0.717) is 11.3 Å². The second-order valence-electron chi connectivity index (χ2n) is 4.69. The molecule has 21 heavy (non-hydrogen) atoms. The SMILES string of the molecule is CC(Nc1ccc(Br)cc1)(C(=O)O)c1ccc(F)c(Cl)c1. The van der Waals surface area contributed by atoms with Crippen LogP contribution in [-0.2, 0) is 10.3 Å². The van der Waals surface area contributed by atoms with Crippen LogP contribution in [0.4, 0.5) is 10.1 Å². The van der Waals surface area contributed by atoms with Gasteiger partial charge in [0.05, 0.1) is 5.02 Å². The molecule has 0 saturated carbocycles. The van der Waals surface area contributed by atoms with E-state index in [1.807, 2.05) is 0 Å². The molecule has 1 unspecified atom stereocenters. The normalized spacial score (nSPS) is 13.5. The van der Waals surface area contributed by atoms with E-state index in [4.69, 9.17) is 11.6 Å². The van der Waals surface area contributed by atoms with E-state index in [9.17, 15) is 14.3 Å². The molecule has 0 aliphatic carbocycles. The molecule has 0 amide bonds. The average molecular weight is 373 g/mol. The molecule has 2 N–H and O–H groups in total. The first-order valence-electron chi connectivity index (χ1n) is 6.05. The van der Waals surface area contributed by atoms with E-state index in [0.717, 1.165) is 10.5 Å². The average Bonchev–Trinajstić information content (AvgIpc) is 2.44. The summed E-state index contributed by atoms with van der Waals surface area (Å²) in [7, 11) is 0. The van der Waals surface area contributed by atoms with E-state index < -0.39 is 17.3 Å². The predicted octanol–water partition coefficient (Wildman–Crippen LogP) is 4.65. The Balaban J connectivity index is 2.42. The van der Waals surface area contributed by atoms with Crippen molar-refractivity contribution in [3.63, 3.8) is 0 Å². The molecule has 1 atom stereocenters. The quantitative estimate of drug-likeness (QED) is 0.821. The lowest BCUT2D eigenvalue weighted by atomic mass is 9.91. The van der Waals surface area contributed by atoms with Gasteiger partial charge in [0.25, 0.3) is 0 Å². The molecular weight excluding hydrogens is 361 g/mol. The number of halogens is 3. The Bertz CT molecular complexity index is 678. The van der Waals surface area contributed by atoms with Crippen LogP contribution in [0, 0.1) is 5.82 Å². The molecule has 0 saturated heterocycles. The summed E-state index contributed by atoms with van der Waals surface area (Å²) in [4.78, 5) is 11.7. The molecule has 2 aromatic rings. The van der Waals surface area contributed by atoms with Gasteiger partial charge in [-0.15, -0.1) is 0 Å². The van der Waals surface area contributed by atoms with Crippen molar-refractivity contribution in [3.8, 4) is 0 Å². The summed E-state index contributed by atoms with van der Waals surface area (Å²) in [5.74, 6) is -1.68. The number of anilines is 1. The summed E-state index contributed by atoms with van der Waals surface area (Å²) in [6, 6.07) is 11.0. The first kappa shape index (κ1) is 15.8. The van der Waals surface area contributed by atoms with Gasteiger partial charge in [0.2, 0.25) is 0 Å². The van der Waals surface area contributed by atoms with Crippen LogP contribution in [0.15, 0.2) is 46.9 Å². The minimum absolute atomic E-state index is 0.113. The maximum Gasteiger partial charge on any atom is 0.333 e. The fourth-order valence-electron chi connectivity index (χ4n) is 1.88. The van der Waals surface area contributed by atoms with Gasteiger partial charge in [-0.25, -0.2) is 9.18 Å². The number of aliphatic carboxylic acids is 1. The molecule has 0 aliphatic rings. The first-order valence-corrected chi connectivity index (χ1v) is 7.23. The molecule has 0 bridgehead atoms. The molecule has 0 spiro atoms. The van der Waals surface area contributed by atoms with Crippen LogP contribution >= 0.6 is 27.5 Å². The van der Waals surface area contributed by atoms with Gasteiger partial charge in [-0.05, 0) is 48.9 Å². The molecule has 0 aliphatic heterocycles. The molecule has 0 fully saturated rings. The standard InChI is InChI=1S/C15H12BrClFNO2/c1-15(14(20)21,9-2-7-13(18)12(17)8-9)19-11-5-3-10(16)4-6-11/h2-8,19H,1H3,(H,20,21). The summed E-state index contributed by atoms with van der Waals surface area (Å²) in [6.45, 7) is 1.50. The molecule has 110 valence electrons. The third-order valence-electron chi connectivity index (χ3n) is 3.16. The van der Waals surface area contributed by atoms with Crippen LogP contribution in [0.3, 0.4) is 0 Å². The summed E-state index contributed by atoms with van der Waals surface area (Å²) in [5, 5.41) is 12.4. The van der Waals surface area contributed by atoms with Crippen LogP contribution in [0.1, 0.15) is 12.5 Å². The Morgan fingerprint density at radius 1 is 1.29 bits per heavy atom. The zero-order valence-electron chi connectivity index (χ0n) is 11.0. The number of rotatable bonds is 4. The van der Waals surface area contributed by atoms with E-state index in [2.05, 4.69) is 21.2 Å². The minimum Gasteiger partial charge on any atom is -0.479 e. The Morgan fingerprint density at radius 3 is 2.43 bits per heavy atom. The lowest BCUT2D eigenvalue weighted by Gasteiger charge is -2.28. The van der Waals surface area contributed by atoms with Gasteiger partial charge in [-0.1, -0.05) is 33.6 Å². The van der Waals surface area contributed by atoms with Crippen LogP contribution in [-0.4, -0.2) is 11.1 Å². The Labute approximate surface area is 134 Å². The van der Waals surface area contributed by atoms with Gasteiger partial charge in [0.1, 0.15) is 5.82 Å². The third-order valence-corrected chi connectivity index (χ3v) is 3.98. The Morgan fingerprint density at radius 2 is 1.90 bits per heavy atom. The zero-order chi connectivity index (χ0) is 15.6. The van der Waals surface area contributed by atoms with E-state index >= 15 is 0 Å². The summed E-state index contributed by atoms with van der Waals surface area (Å²) < 4.78 is 14.1. The molecule has 6 heteroatoms. The van der Waals surface area contributed by atoms with E-state index in [-0.39, 0.29) is 5.02 Å². The van der Waals surface area contributed by atoms with Gasteiger partial charge in [-0.3, -0.25) is 0 Å². The number of hydrogen-bond donors (Lipinski definition) is 2. The van der Waals surface area contributed by atoms with Crippen molar-refractivity contribution in [2.24, 2.45) is 0 Å². The number of nitrogens with one attached hydrogen (secondary N) is 1. The maximum absolute atomic E-state index is 13.3. The molecule has 0 radical (unpaired) electrons. The van der Waals surface area contributed by atoms with Crippen LogP contribution in [0.5, 0.6) is 0 Å². The van der Waals surface area contributed by atoms with Crippen molar-refractivity contribution in [2.45, 2.75) is 12.5 Å². The molecule has 2 rings (SSSR count). The second-order valence-corrected chi connectivity index (χ2v) is 6.01. The fourth-order valence-corrected chi connectivity index (χ4v) is 2.32. The predicted molar refractivity (Wildman–Crippen MR) is 84.2 cm³/mol. The van der Waals surface area contributed by atoms with Crippen molar-refractivity contribution in [1.29, 1.82) is 0 Å². The van der Waals surface area contributed by atoms with Crippen molar-refractivity contribution in [3.05, 3.63) is 63.3 Å². The highest BCUT2D eigenvalue weighted by Gasteiger charge is 2.35. The highest BCUT2D eigenvalue weighted by atomic mass is 79.9. The van der Waals surface area contributed by atoms with Gasteiger partial charge >= 0.3 is 5.97 Å². The Hall–Kier alpha value is -1.59. The van der Waals surface area contributed by atoms with E-state index in [1.165, 1.54) is 19.1 Å². The summed E-state index contributed by atoms with van der Waals surface area (Å²) in [6.07, 6.45) is 0. The molecule has 2 aromatic carbocycles. The van der Waals surface area contributed by atoms with Crippen LogP contribution in [0.25, 0.3) is 0 Å². The van der Waals surface area contributed by atoms with Crippen molar-refractivity contribution in [2.75, 3.05) is 5.32 Å². The first-order chi connectivity index (χ1) is 9.83. The van der Waals surface area contributed by atoms with Gasteiger partial charge in [0, 0.05) is 10.2 Å². The van der Waals surface area contributed by atoms with Gasteiger partial charge in [0.15, 0.2) is 5.54 Å². The number of carboxylic acid groups (broad SMARTS) is 1. The van der Waals surface area contributed by atoms with Crippen LogP contribution < -0.4 is 5.32 Å². The molecule has 3 nitrogen and oxygen atoms in total. The lowest BCUT2D eigenvalue weighted by Crippen LogP contribution is -2.40. The molecule has 0 heterocycles. The highest BCUT2D eigenvalue weighted by molar-refractivity contribution is 9.10. The lowest BCUT2D eigenvalue weighted by molar-refractivity contribution is -0.142. The van der Waals surface area contributed by atoms with E-state index in [1.54, 1.807) is 24.3 Å². The largest absolute Gasteiger partial charge is 0.479 e.